The molecule has 10 heteroatoms. The van der Waals surface area contributed by atoms with Crippen molar-refractivity contribution < 1.29 is 9.21 Å². The van der Waals surface area contributed by atoms with E-state index in [0.717, 1.165) is 18.5 Å². The Hall–Kier alpha value is -3.17. The fraction of sp³-hybridized carbons (Fsp3) is 0.200. The fourth-order valence-corrected chi connectivity index (χ4v) is 3.72. The number of aromatic amines is 1. The van der Waals surface area contributed by atoms with Crippen LogP contribution in [0.4, 0.5) is 0 Å². The van der Waals surface area contributed by atoms with Crippen LogP contribution in [0.25, 0.3) is 17.1 Å². The molecule has 3 heterocycles. The standard InChI is InChI=1S/C20H17ClN6O2S/c21-12-3-5-14(6-4-12)27-16(17-2-1-9-29-17)10-15(25-27)19(28)22-11-18-23-24-20(30)26(18)13-7-8-13/h1-6,9-10,13H,7-8,11H2,(H,22,28)(H,24,30). The maximum absolute atomic E-state index is 12.8. The van der Waals surface area contributed by atoms with Crippen LogP contribution in [0.3, 0.4) is 0 Å². The molecule has 5 rings (SSSR count). The molecule has 2 N–H and O–H groups in total. The highest BCUT2D eigenvalue weighted by Gasteiger charge is 2.27. The van der Waals surface area contributed by atoms with Gasteiger partial charge in [-0.05, 0) is 61.5 Å². The first-order chi connectivity index (χ1) is 14.6. The summed E-state index contributed by atoms with van der Waals surface area (Å²) in [7, 11) is 0. The average Bonchev–Trinajstić information content (AvgIpc) is 3.14. The fourth-order valence-electron chi connectivity index (χ4n) is 3.29. The van der Waals surface area contributed by atoms with Crippen LogP contribution in [-0.2, 0) is 6.54 Å². The van der Waals surface area contributed by atoms with E-state index in [9.17, 15) is 4.79 Å². The van der Waals surface area contributed by atoms with Crippen molar-refractivity contribution >= 4 is 29.7 Å². The zero-order chi connectivity index (χ0) is 20.7. The van der Waals surface area contributed by atoms with Crippen LogP contribution in [0, 0.1) is 4.77 Å². The van der Waals surface area contributed by atoms with Crippen LogP contribution < -0.4 is 5.32 Å². The Labute approximate surface area is 181 Å². The number of aromatic nitrogens is 5. The summed E-state index contributed by atoms with van der Waals surface area (Å²) in [5, 5.41) is 15.0. The topological polar surface area (TPSA) is 93.7 Å². The van der Waals surface area contributed by atoms with Gasteiger partial charge < -0.3 is 9.73 Å². The van der Waals surface area contributed by atoms with Gasteiger partial charge in [0.2, 0.25) is 0 Å². The molecule has 1 fully saturated rings. The minimum atomic E-state index is -0.313. The number of rotatable bonds is 6. The second kappa shape index (κ2) is 7.58. The largest absolute Gasteiger partial charge is 0.463 e. The molecule has 0 spiro atoms. The third kappa shape index (κ3) is 3.57. The molecule has 8 nitrogen and oxygen atoms in total. The molecule has 1 aliphatic rings. The summed E-state index contributed by atoms with van der Waals surface area (Å²) in [4.78, 5) is 12.8. The number of hydrogen-bond acceptors (Lipinski definition) is 5. The number of nitrogens with zero attached hydrogens (tertiary/aromatic N) is 4. The summed E-state index contributed by atoms with van der Waals surface area (Å²) in [6.07, 6.45) is 3.73. The second-order valence-electron chi connectivity index (χ2n) is 7.01. The predicted octanol–water partition coefficient (Wildman–Crippen LogP) is 4.30. The smallest absolute Gasteiger partial charge is 0.272 e. The number of hydrogen-bond donors (Lipinski definition) is 2. The van der Waals surface area contributed by atoms with E-state index >= 15 is 0 Å². The third-order valence-corrected chi connectivity index (χ3v) is 5.42. The van der Waals surface area contributed by atoms with Gasteiger partial charge >= 0.3 is 0 Å². The minimum absolute atomic E-state index is 0.256. The van der Waals surface area contributed by atoms with Crippen LogP contribution >= 0.6 is 23.8 Å². The first kappa shape index (κ1) is 18.8. The van der Waals surface area contributed by atoms with Gasteiger partial charge in [-0.3, -0.25) is 14.5 Å². The summed E-state index contributed by atoms with van der Waals surface area (Å²) in [6.45, 7) is 0.256. The number of carbonyl (C=O) groups is 1. The maximum atomic E-state index is 12.8. The molecule has 0 aliphatic heterocycles. The lowest BCUT2D eigenvalue weighted by Crippen LogP contribution is -2.25. The maximum Gasteiger partial charge on any atom is 0.272 e. The van der Waals surface area contributed by atoms with E-state index in [1.54, 1.807) is 35.2 Å². The Kier molecular flexibility index (Phi) is 4.76. The van der Waals surface area contributed by atoms with E-state index in [2.05, 4.69) is 20.6 Å². The number of carbonyl (C=O) groups excluding carboxylic acids is 1. The van der Waals surface area contributed by atoms with Crippen LogP contribution in [0.1, 0.15) is 35.2 Å². The molecule has 1 aromatic carbocycles. The monoisotopic (exact) mass is 440 g/mol. The van der Waals surface area contributed by atoms with E-state index in [-0.39, 0.29) is 18.1 Å². The zero-order valence-corrected chi connectivity index (χ0v) is 17.3. The van der Waals surface area contributed by atoms with Crippen molar-refractivity contribution in [3.8, 4) is 17.1 Å². The number of H-pyrrole nitrogens is 1. The van der Waals surface area contributed by atoms with Gasteiger partial charge in [0, 0.05) is 17.1 Å². The van der Waals surface area contributed by atoms with E-state index in [0.29, 0.717) is 33.1 Å². The van der Waals surface area contributed by atoms with Gasteiger partial charge in [0.05, 0.1) is 18.5 Å². The van der Waals surface area contributed by atoms with Crippen molar-refractivity contribution in [2.75, 3.05) is 0 Å². The SMILES string of the molecule is O=C(NCc1n[nH]c(=S)n1C1CC1)c1cc(-c2ccco2)n(-c2ccc(Cl)cc2)n1. The molecule has 0 atom stereocenters. The molecule has 0 saturated heterocycles. The summed E-state index contributed by atoms with van der Waals surface area (Å²) < 4.78 is 9.74. The van der Waals surface area contributed by atoms with Crippen molar-refractivity contribution in [3.63, 3.8) is 0 Å². The Bertz CT molecular complexity index is 1250. The van der Waals surface area contributed by atoms with Gasteiger partial charge in [0.25, 0.3) is 5.91 Å². The molecule has 0 radical (unpaired) electrons. The summed E-state index contributed by atoms with van der Waals surface area (Å²) in [5.41, 5.74) is 1.69. The Morgan fingerprint density at radius 3 is 2.80 bits per heavy atom. The van der Waals surface area contributed by atoms with Gasteiger partial charge in [0.1, 0.15) is 5.69 Å². The van der Waals surface area contributed by atoms with E-state index in [1.165, 1.54) is 0 Å². The number of benzene rings is 1. The molecule has 1 saturated carbocycles. The minimum Gasteiger partial charge on any atom is -0.463 e. The average molecular weight is 441 g/mol. The van der Waals surface area contributed by atoms with Crippen molar-refractivity contribution in [3.05, 3.63) is 70.0 Å². The molecule has 1 amide bonds. The van der Waals surface area contributed by atoms with Crippen LogP contribution in [-0.4, -0.2) is 30.5 Å². The lowest BCUT2D eigenvalue weighted by molar-refractivity contribution is 0.0944. The summed E-state index contributed by atoms with van der Waals surface area (Å²) in [6, 6.07) is 12.9. The summed E-state index contributed by atoms with van der Waals surface area (Å²) in [5.74, 6) is 0.997. The van der Waals surface area contributed by atoms with Gasteiger partial charge in [-0.15, -0.1) is 0 Å². The molecular weight excluding hydrogens is 424 g/mol. The Morgan fingerprint density at radius 1 is 1.30 bits per heavy atom. The van der Waals surface area contributed by atoms with Crippen molar-refractivity contribution in [2.24, 2.45) is 0 Å². The highest BCUT2D eigenvalue weighted by atomic mass is 35.5. The van der Waals surface area contributed by atoms with E-state index in [1.807, 2.05) is 22.8 Å². The Morgan fingerprint density at radius 2 is 2.10 bits per heavy atom. The Balaban J connectivity index is 1.43. The molecule has 4 aromatic rings. The van der Waals surface area contributed by atoms with E-state index < -0.39 is 0 Å². The highest BCUT2D eigenvalue weighted by Crippen LogP contribution is 2.35. The lowest BCUT2D eigenvalue weighted by atomic mass is 10.2. The number of nitrogens with one attached hydrogen (secondary N) is 2. The zero-order valence-electron chi connectivity index (χ0n) is 15.7. The van der Waals surface area contributed by atoms with E-state index in [4.69, 9.17) is 28.2 Å². The molecule has 0 bridgehead atoms. The van der Waals surface area contributed by atoms with Crippen LogP contribution in [0.2, 0.25) is 5.02 Å². The number of furan rings is 1. The highest BCUT2D eigenvalue weighted by molar-refractivity contribution is 7.71. The van der Waals surface area contributed by atoms with Gasteiger partial charge in [0.15, 0.2) is 22.0 Å². The quantitative estimate of drug-likeness (QED) is 0.436. The lowest BCUT2D eigenvalue weighted by Gasteiger charge is -2.06. The number of halogens is 1. The van der Waals surface area contributed by atoms with Crippen LogP contribution in [0.5, 0.6) is 0 Å². The molecule has 1 aliphatic carbocycles. The first-order valence-corrected chi connectivity index (χ1v) is 10.2. The van der Waals surface area contributed by atoms with Gasteiger partial charge in [-0.2, -0.15) is 10.2 Å². The molecule has 152 valence electrons. The predicted molar refractivity (Wildman–Crippen MR) is 113 cm³/mol. The molecule has 30 heavy (non-hydrogen) atoms. The normalized spacial score (nSPS) is 13.5. The molecule has 0 unspecified atom stereocenters. The third-order valence-electron chi connectivity index (χ3n) is 4.88. The van der Waals surface area contributed by atoms with Crippen molar-refractivity contribution in [2.45, 2.75) is 25.4 Å². The van der Waals surface area contributed by atoms with Crippen LogP contribution in [0.15, 0.2) is 53.1 Å². The molecule has 3 aromatic heterocycles. The second-order valence-corrected chi connectivity index (χ2v) is 7.83. The van der Waals surface area contributed by atoms with Crippen molar-refractivity contribution in [1.82, 2.24) is 29.9 Å². The number of amides is 1. The first-order valence-electron chi connectivity index (χ1n) is 9.44. The van der Waals surface area contributed by atoms with Crippen molar-refractivity contribution in [1.29, 1.82) is 0 Å². The molecular formula is C20H17ClN6O2S. The summed E-state index contributed by atoms with van der Waals surface area (Å²) >= 11 is 11.3. The van der Waals surface area contributed by atoms with Gasteiger partial charge in [-0.25, -0.2) is 4.68 Å². The van der Waals surface area contributed by atoms with Gasteiger partial charge in [-0.1, -0.05) is 11.6 Å².